The van der Waals surface area contributed by atoms with Gasteiger partial charge in [-0.15, -0.1) is 0 Å². The summed E-state index contributed by atoms with van der Waals surface area (Å²) in [5.74, 6) is -0.594. The second-order valence-electron chi connectivity index (χ2n) is 7.01. The van der Waals surface area contributed by atoms with E-state index in [-0.39, 0.29) is 30.2 Å². The van der Waals surface area contributed by atoms with Crippen LogP contribution in [0.1, 0.15) is 12.0 Å². The molecule has 1 unspecified atom stereocenters. The molecule has 1 saturated heterocycles. The van der Waals surface area contributed by atoms with Crippen molar-refractivity contribution < 1.29 is 28.8 Å². The van der Waals surface area contributed by atoms with E-state index in [1.807, 2.05) is 0 Å². The normalized spacial score (nSPS) is 19.5. The fraction of sp³-hybridized carbons (Fsp3) is 0.250. The molecule has 2 aromatic rings. The summed E-state index contributed by atoms with van der Waals surface area (Å²) in [6.45, 7) is -0.375. The van der Waals surface area contributed by atoms with Crippen LogP contribution in [0.15, 0.2) is 42.5 Å². The minimum Gasteiger partial charge on any atom is -0.496 e. The lowest BCUT2D eigenvalue weighted by Gasteiger charge is -2.33. The van der Waals surface area contributed by atoms with E-state index < -0.39 is 34.9 Å². The van der Waals surface area contributed by atoms with Gasteiger partial charge in [-0.1, -0.05) is 18.2 Å². The highest BCUT2D eigenvalue weighted by molar-refractivity contribution is 6.11. The van der Waals surface area contributed by atoms with E-state index in [0.717, 1.165) is 11.0 Å². The van der Waals surface area contributed by atoms with Gasteiger partial charge in [-0.05, 0) is 18.2 Å². The number of para-hydroxylation sites is 1. The molecule has 11 nitrogen and oxygen atoms in total. The summed E-state index contributed by atoms with van der Waals surface area (Å²) in [7, 11) is 1.36. The van der Waals surface area contributed by atoms with Crippen molar-refractivity contribution in [1.82, 2.24) is 10.2 Å². The standard InChI is InChI=1S/C20H18N4O7/c1-30-12-6-7-14(15(10-12)24(28)29)21-17(25)11-23-18(26)20(22-19(23)27)8-9-31-16-5-3-2-4-13(16)20/h2-7,10H,8-9,11H2,1H3,(H,21,25)(H,22,27). The van der Waals surface area contributed by atoms with Gasteiger partial charge in [-0.2, -0.15) is 0 Å². The predicted molar refractivity (Wildman–Crippen MR) is 107 cm³/mol. The third-order valence-electron chi connectivity index (χ3n) is 5.23. The molecule has 2 aromatic carbocycles. The van der Waals surface area contributed by atoms with E-state index >= 15 is 0 Å². The van der Waals surface area contributed by atoms with Gasteiger partial charge in [0.05, 0.1) is 24.7 Å². The van der Waals surface area contributed by atoms with Crippen LogP contribution in [0.25, 0.3) is 0 Å². The lowest BCUT2D eigenvalue weighted by molar-refractivity contribution is -0.384. The molecule has 11 heteroatoms. The molecule has 31 heavy (non-hydrogen) atoms. The number of methoxy groups -OCH3 is 1. The smallest absolute Gasteiger partial charge is 0.325 e. The van der Waals surface area contributed by atoms with Gasteiger partial charge in [-0.25, -0.2) is 4.79 Å². The SMILES string of the molecule is COc1ccc(NC(=O)CN2C(=O)NC3(CCOc4ccccc43)C2=O)c([N+](=O)[O-])c1. The molecule has 1 fully saturated rings. The number of carbonyl (C=O) groups excluding carboxylic acids is 3. The molecule has 0 aromatic heterocycles. The number of carbonyl (C=O) groups is 3. The number of nitro benzene ring substituents is 1. The molecule has 0 radical (unpaired) electrons. The Balaban J connectivity index is 1.55. The maximum absolute atomic E-state index is 13.2. The van der Waals surface area contributed by atoms with Gasteiger partial charge in [-0.3, -0.25) is 24.6 Å². The zero-order chi connectivity index (χ0) is 22.2. The number of hydrogen-bond donors (Lipinski definition) is 2. The molecular formula is C20H18N4O7. The molecule has 2 aliphatic rings. The molecule has 0 aliphatic carbocycles. The molecule has 4 rings (SSSR count). The molecule has 2 heterocycles. The Kier molecular flexibility index (Phi) is 4.93. The minimum absolute atomic E-state index is 0.0750. The zero-order valence-electron chi connectivity index (χ0n) is 16.4. The number of nitrogens with zero attached hydrogens (tertiary/aromatic N) is 2. The number of nitrogens with one attached hydrogen (secondary N) is 2. The molecule has 2 N–H and O–H groups in total. The highest BCUT2D eigenvalue weighted by Gasteiger charge is 2.55. The van der Waals surface area contributed by atoms with Gasteiger partial charge >= 0.3 is 6.03 Å². The van der Waals surface area contributed by atoms with Crippen molar-refractivity contribution >= 4 is 29.2 Å². The average Bonchev–Trinajstić information content (AvgIpc) is 2.99. The molecular weight excluding hydrogens is 408 g/mol. The van der Waals surface area contributed by atoms with Crippen LogP contribution in [-0.2, 0) is 15.1 Å². The van der Waals surface area contributed by atoms with E-state index in [1.165, 1.54) is 19.2 Å². The molecule has 1 spiro atoms. The van der Waals surface area contributed by atoms with Crippen molar-refractivity contribution in [3.8, 4) is 11.5 Å². The topological polar surface area (TPSA) is 140 Å². The molecule has 1 atom stereocenters. The van der Waals surface area contributed by atoms with Crippen LogP contribution in [0.2, 0.25) is 0 Å². The minimum atomic E-state index is -1.31. The van der Waals surface area contributed by atoms with E-state index in [1.54, 1.807) is 24.3 Å². The van der Waals surface area contributed by atoms with Crippen molar-refractivity contribution in [1.29, 1.82) is 0 Å². The number of fused-ring (bicyclic) bond motifs is 2. The van der Waals surface area contributed by atoms with Gasteiger partial charge in [0.25, 0.3) is 11.6 Å². The van der Waals surface area contributed by atoms with E-state index in [0.29, 0.717) is 11.3 Å². The summed E-state index contributed by atoms with van der Waals surface area (Å²) >= 11 is 0. The molecule has 0 saturated carbocycles. The number of amides is 4. The highest BCUT2D eigenvalue weighted by Crippen LogP contribution is 2.41. The van der Waals surface area contributed by atoms with E-state index in [9.17, 15) is 24.5 Å². The number of nitro groups is 1. The first-order valence-electron chi connectivity index (χ1n) is 9.34. The number of imide groups is 1. The fourth-order valence-electron chi connectivity index (χ4n) is 3.74. The van der Waals surface area contributed by atoms with E-state index in [2.05, 4.69) is 10.6 Å². The van der Waals surface area contributed by atoms with Crippen LogP contribution in [0.3, 0.4) is 0 Å². The Morgan fingerprint density at radius 1 is 1.32 bits per heavy atom. The molecule has 2 aliphatic heterocycles. The van der Waals surface area contributed by atoms with Crippen molar-refractivity contribution in [2.45, 2.75) is 12.0 Å². The Labute approximate surface area is 176 Å². The Hall–Kier alpha value is -4.15. The zero-order valence-corrected chi connectivity index (χ0v) is 16.4. The first-order valence-corrected chi connectivity index (χ1v) is 9.34. The Morgan fingerprint density at radius 2 is 2.10 bits per heavy atom. The van der Waals surface area contributed by atoms with Crippen molar-refractivity contribution in [3.05, 3.63) is 58.1 Å². The molecule has 0 bridgehead atoms. The average molecular weight is 426 g/mol. The summed E-state index contributed by atoms with van der Waals surface area (Å²) in [5.41, 5.74) is -1.24. The van der Waals surface area contributed by atoms with Crippen LogP contribution in [0.5, 0.6) is 11.5 Å². The predicted octanol–water partition coefficient (Wildman–Crippen LogP) is 1.77. The Bertz CT molecular complexity index is 1100. The van der Waals surface area contributed by atoms with Crippen molar-refractivity contribution in [2.24, 2.45) is 0 Å². The maximum Gasteiger partial charge on any atom is 0.325 e. The van der Waals surface area contributed by atoms with Crippen molar-refractivity contribution in [3.63, 3.8) is 0 Å². The van der Waals surface area contributed by atoms with E-state index in [4.69, 9.17) is 9.47 Å². The summed E-state index contributed by atoms with van der Waals surface area (Å²) in [6.07, 6.45) is 0.219. The largest absolute Gasteiger partial charge is 0.496 e. The second kappa shape index (κ2) is 7.59. The summed E-state index contributed by atoms with van der Waals surface area (Å²) in [4.78, 5) is 49.7. The first kappa shape index (κ1) is 20.1. The van der Waals surface area contributed by atoms with Crippen LogP contribution < -0.4 is 20.1 Å². The monoisotopic (exact) mass is 426 g/mol. The third kappa shape index (κ3) is 3.39. The molecule has 160 valence electrons. The van der Waals surface area contributed by atoms with Crippen LogP contribution in [0.4, 0.5) is 16.2 Å². The lowest BCUT2D eigenvalue weighted by atomic mass is 9.84. The maximum atomic E-state index is 13.2. The number of hydrogen-bond acceptors (Lipinski definition) is 7. The molecule has 4 amide bonds. The lowest BCUT2D eigenvalue weighted by Crippen LogP contribution is -2.48. The second-order valence-corrected chi connectivity index (χ2v) is 7.01. The van der Waals surface area contributed by atoms with Crippen LogP contribution in [-0.4, -0.2) is 47.9 Å². The summed E-state index contributed by atoms with van der Waals surface area (Å²) < 4.78 is 10.5. The van der Waals surface area contributed by atoms with Gasteiger partial charge in [0.15, 0.2) is 5.54 Å². The van der Waals surface area contributed by atoms with Crippen molar-refractivity contribution in [2.75, 3.05) is 25.6 Å². The van der Waals surface area contributed by atoms with Gasteiger partial charge in [0, 0.05) is 12.0 Å². The van der Waals surface area contributed by atoms with Gasteiger partial charge in [0.1, 0.15) is 23.7 Å². The van der Waals surface area contributed by atoms with Crippen LogP contribution in [0, 0.1) is 10.1 Å². The number of rotatable bonds is 5. The number of anilines is 1. The Morgan fingerprint density at radius 3 is 2.84 bits per heavy atom. The first-order chi connectivity index (χ1) is 14.9. The quantitative estimate of drug-likeness (QED) is 0.422. The number of ether oxygens (including phenoxy) is 2. The van der Waals surface area contributed by atoms with Crippen LogP contribution >= 0.6 is 0 Å². The third-order valence-corrected chi connectivity index (χ3v) is 5.23. The van der Waals surface area contributed by atoms with Gasteiger partial charge < -0.3 is 20.1 Å². The highest BCUT2D eigenvalue weighted by atomic mass is 16.6. The number of urea groups is 1. The van der Waals surface area contributed by atoms with Gasteiger partial charge in [0.2, 0.25) is 5.91 Å². The fourth-order valence-corrected chi connectivity index (χ4v) is 3.74. The summed E-state index contributed by atoms with van der Waals surface area (Å²) in [6, 6.07) is 10.1. The summed E-state index contributed by atoms with van der Waals surface area (Å²) in [5, 5.41) is 16.4. The number of benzene rings is 2.